The lowest BCUT2D eigenvalue weighted by Crippen LogP contribution is -2.46. The summed E-state index contributed by atoms with van der Waals surface area (Å²) in [5.41, 5.74) is 2.70. The van der Waals surface area contributed by atoms with Crippen molar-refractivity contribution < 1.29 is 5.11 Å². The van der Waals surface area contributed by atoms with E-state index >= 15 is 0 Å². The second kappa shape index (κ2) is 6.06. The van der Waals surface area contributed by atoms with Gasteiger partial charge in [0.15, 0.2) is 0 Å². The number of aryl methyl sites for hydroxylation is 1. The highest BCUT2D eigenvalue weighted by atomic mass is 16.2. The van der Waals surface area contributed by atoms with Crippen LogP contribution in [-0.4, -0.2) is 24.8 Å². The van der Waals surface area contributed by atoms with E-state index in [9.17, 15) is 0 Å². The Hall–Kier alpha value is -1.02. The van der Waals surface area contributed by atoms with Crippen LogP contribution in [0.4, 0.5) is 5.69 Å². The summed E-state index contributed by atoms with van der Waals surface area (Å²) in [4.78, 5) is 2.46. The van der Waals surface area contributed by atoms with Gasteiger partial charge in [0.25, 0.3) is 0 Å². The van der Waals surface area contributed by atoms with Gasteiger partial charge in [-0.15, -0.1) is 0 Å². The molecule has 2 heteroatoms. The first-order valence-corrected chi connectivity index (χ1v) is 6.78. The van der Waals surface area contributed by atoms with Crippen LogP contribution in [-0.2, 0) is 6.42 Å². The number of anilines is 1. The molecular formula is C15H23NO. The maximum atomic E-state index is 8.85. The van der Waals surface area contributed by atoms with Crippen LogP contribution in [0.25, 0.3) is 0 Å². The van der Waals surface area contributed by atoms with E-state index in [0.29, 0.717) is 0 Å². The van der Waals surface area contributed by atoms with Crippen LogP contribution in [0, 0.1) is 5.92 Å². The monoisotopic (exact) mass is 233 g/mol. The molecule has 1 aromatic carbocycles. The molecule has 0 aromatic heterocycles. The van der Waals surface area contributed by atoms with E-state index in [-0.39, 0.29) is 6.61 Å². The Morgan fingerprint density at radius 2 is 2.18 bits per heavy atom. The molecule has 1 aromatic rings. The van der Waals surface area contributed by atoms with E-state index in [2.05, 4.69) is 36.1 Å². The summed E-state index contributed by atoms with van der Waals surface area (Å²) < 4.78 is 0. The standard InChI is InChI=1S/C15H23NO/c1-2-5-14-11-16(12-14)15-8-3-6-13(10-15)7-4-9-17/h3,6,8,10,14,17H,2,4-5,7,9,11-12H2,1H3. The third-order valence-corrected chi connectivity index (χ3v) is 3.55. The molecule has 0 atom stereocenters. The predicted octanol–water partition coefficient (Wildman–Crippen LogP) is 2.85. The zero-order valence-electron chi connectivity index (χ0n) is 10.7. The highest BCUT2D eigenvalue weighted by molar-refractivity contribution is 5.50. The van der Waals surface area contributed by atoms with E-state index in [1.807, 2.05) is 0 Å². The van der Waals surface area contributed by atoms with Gasteiger partial charge in [-0.25, -0.2) is 0 Å². The van der Waals surface area contributed by atoms with Crippen molar-refractivity contribution in [1.29, 1.82) is 0 Å². The van der Waals surface area contributed by atoms with Crippen LogP contribution in [0.5, 0.6) is 0 Å². The summed E-state index contributed by atoms with van der Waals surface area (Å²) in [5, 5.41) is 8.85. The summed E-state index contributed by atoms with van der Waals surface area (Å²) in [6, 6.07) is 8.76. The Kier molecular flexibility index (Phi) is 4.43. The number of aliphatic hydroxyl groups is 1. The number of rotatable bonds is 6. The van der Waals surface area contributed by atoms with Gasteiger partial charge in [0, 0.05) is 25.4 Å². The average Bonchev–Trinajstić information content (AvgIpc) is 2.31. The van der Waals surface area contributed by atoms with Crippen molar-refractivity contribution in [3.05, 3.63) is 29.8 Å². The zero-order chi connectivity index (χ0) is 12.1. The molecule has 0 spiro atoms. The molecule has 94 valence electrons. The number of nitrogens with zero attached hydrogens (tertiary/aromatic N) is 1. The molecule has 2 rings (SSSR count). The molecule has 0 bridgehead atoms. The molecule has 1 aliphatic rings. The number of hydrogen-bond donors (Lipinski definition) is 1. The van der Waals surface area contributed by atoms with Crippen molar-refractivity contribution in [2.75, 3.05) is 24.6 Å². The van der Waals surface area contributed by atoms with E-state index in [4.69, 9.17) is 5.11 Å². The summed E-state index contributed by atoms with van der Waals surface area (Å²) in [5.74, 6) is 0.904. The predicted molar refractivity (Wildman–Crippen MR) is 72.5 cm³/mol. The maximum absolute atomic E-state index is 8.85. The summed E-state index contributed by atoms with van der Waals surface area (Å²) in [6.45, 7) is 4.99. The Bertz CT molecular complexity index is 345. The van der Waals surface area contributed by atoms with Crippen molar-refractivity contribution in [2.24, 2.45) is 5.92 Å². The minimum atomic E-state index is 0.284. The fourth-order valence-electron chi connectivity index (χ4n) is 2.56. The second-order valence-electron chi connectivity index (χ2n) is 5.06. The summed E-state index contributed by atoms with van der Waals surface area (Å²) in [6.07, 6.45) is 4.51. The van der Waals surface area contributed by atoms with Crippen LogP contribution in [0.15, 0.2) is 24.3 Å². The molecule has 1 N–H and O–H groups in total. The molecule has 1 fully saturated rings. The van der Waals surface area contributed by atoms with Gasteiger partial charge in [-0.3, -0.25) is 0 Å². The lowest BCUT2D eigenvalue weighted by Gasteiger charge is -2.41. The van der Waals surface area contributed by atoms with Gasteiger partial charge in [-0.2, -0.15) is 0 Å². The van der Waals surface area contributed by atoms with Crippen LogP contribution in [0.2, 0.25) is 0 Å². The van der Waals surface area contributed by atoms with Crippen LogP contribution in [0.1, 0.15) is 31.7 Å². The molecule has 1 saturated heterocycles. The van der Waals surface area contributed by atoms with Crippen molar-refractivity contribution in [3.63, 3.8) is 0 Å². The van der Waals surface area contributed by atoms with Gasteiger partial charge < -0.3 is 10.0 Å². The molecule has 0 amide bonds. The third-order valence-electron chi connectivity index (χ3n) is 3.55. The molecule has 0 saturated carbocycles. The van der Waals surface area contributed by atoms with Gasteiger partial charge >= 0.3 is 0 Å². The smallest absolute Gasteiger partial charge is 0.0434 e. The second-order valence-corrected chi connectivity index (χ2v) is 5.06. The first-order chi connectivity index (χ1) is 8.33. The quantitative estimate of drug-likeness (QED) is 0.816. The molecule has 1 aliphatic heterocycles. The third kappa shape index (κ3) is 3.22. The van der Waals surface area contributed by atoms with Gasteiger partial charge in [-0.1, -0.05) is 25.5 Å². The lowest BCUT2D eigenvalue weighted by atomic mass is 9.94. The number of benzene rings is 1. The van der Waals surface area contributed by atoms with Crippen molar-refractivity contribution in [2.45, 2.75) is 32.6 Å². The van der Waals surface area contributed by atoms with E-state index in [1.54, 1.807) is 0 Å². The molecule has 0 radical (unpaired) electrons. The Morgan fingerprint density at radius 1 is 1.35 bits per heavy atom. The Labute approximate surface area is 104 Å². The Balaban J connectivity index is 1.89. The van der Waals surface area contributed by atoms with Crippen molar-refractivity contribution in [1.82, 2.24) is 0 Å². The highest BCUT2D eigenvalue weighted by Gasteiger charge is 2.25. The molecule has 17 heavy (non-hydrogen) atoms. The van der Waals surface area contributed by atoms with Gasteiger partial charge in [0.2, 0.25) is 0 Å². The van der Waals surface area contributed by atoms with Crippen molar-refractivity contribution >= 4 is 5.69 Å². The topological polar surface area (TPSA) is 23.5 Å². The van der Waals surface area contributed by atoms with Gasteiger partial charge in [0.1, 0.15) is 0 Å². The minimum Gasteiger partial charge on any atom is -0.396 e. The van der Waals surface area contributed by atoms with Gasteiger partial charge in [-0.05, 0) is 42.9 Å². The minimum absolute atomic E-state index is 0.284. The van der Waals surface area contributed by atoms with Crippen LogP contribution in [0.3, 0.4) is 0 Å². The van der Waals surface area contributed by atoms with E-state index in [1.165, 1.54) is 37.2 Å². The molecule has 0 aliphatic carbocycles. The first kappa shape index (κ1) is 12.4. The van der Waals surface area contributed by atoms with E-state index < -0.39 is 0 Å². The average molecular weight is 233 g/mol. The molecular weight excluding hydrogens is 210 g/mol. The summed E-state index contributed by atoms with van der Waals surface area (Å²) >= 11 is 0. The van der Waals surface area contributed by atoms with Crippen LogP contribution < -0.4 is 4.90 Å². The van der Waals surface area contributed by atoms with Crippen LogP contribution >= 0.6 is 0 Å². The zero-order valence-corrected chi connectivity index (χ0v) is 10.7. The molecule has 0 unspecified atom stereocenters. The maximum Gasteiger partial charge on any atom is 0.0434 e. The highest BCUT2D eigenvalue weighted by Crippen LogP contribution is 2.27. The number of hydrogen-bond acceptors (Lipinski definition) is 2. The number of aliphatic hydroxyl groups excluding tert-OH is 1. The summed E-state index contributed by atoms with van der Waals surface area (Å²) in [7, 11) is 0. The molecule has 2 nitrogen and oxygen atoms in total. The van der Waals surface area contributed by atoms with E-state index in [0.717, 1.165) is 18.8 Å². The normalized spacial score (nSPS) is 16.0. The lowest BCUT2D eigenvalue weighted by molar-refractivity contribution is 0.288. The fraction of sp³-hybridized carbons (Fsp3) is 0.600. The first-order valence-electron chi connectivity index (χ1n) is 6.78. The largest absolute Gasteiger partial charge is 0.396 e. The molecule has 1 heterocycles. The van der Waals surface area contributed by atoms with Gasteiger partial charge in [0.05, 0.1) is 0 Å². The van der Waals surface area contributed by atoms with Crippen molar-refractivity contribution in [3.8, 4) is 0 Å². The Morgan fingerprint density at radius 3 is 2.88 bits per heavy atom. The fourth-order valence-corrected chi connectivity index (χ4v) is 2.56. The SMILES string of the molecule is CCCC1CN(c2cccc(CCCO)c2)C1.